The average Bonchev–Trinajstić information content (AvgIpc) is 3.32. The number of carbonyl (C=O) groups is 1. The zero-order valence-electron chi connectivity index (χ0n) is 25.0. The Morgan fingerprint density at radius 1 is 1.02 bits per heavy atom. The number of anilines is 1. The highest BCUT2D eigenvalue weighted by atomic mass is 32.2. The number of aromatic nitrogens is 3. The fourth-order valence-corrected chi connectivity index (χ4v) is 7.11. The first-order chi connectivity index (χ1) is 20.2. The van der Waals surface area contributed by atoms with E-state index in [0.29, 0.717) is 11.6 Å². The fourth-order valence-electron chi connectivity index (χ4n) is 6.58. The summed E-state index contributed by atoms with van der Waals surface area (Å²) in [5, 5.41) is 6.29. The topological polar surface area (TPSA) is 104 Å². The number of rotatable bonds is 8. The van der Waals surface area contributed by atoms with Gasteiger partial charge >= 0.3 is 10.2 Å². The highest BCUT2D eigenvalue weighted by Gasteiger charge is 2.34. The first-order valence-corrected chi connectivity index (χ1v) is 16.9. The van der Waals surface area contributed by atoms with Crippen LogP contribution < -0.4 is 9.62 Å². The number of hydrogen-bond donors (Lipinski definition) is 1. The van der Waals surface area contributed by atoms with Crippen molar-refractivity contribution >= 4 is 32.8 Å². The molecule has 6 rings (SSSR count). The Balaban J connectivity index is 1.41. The van der Waals surface area contributed by atoms with E-state index in [1.165, 1.54) is 32.5 Å². The maximum absolute atomic E-state index is 13.4. The summed E-state index contributed by atoms with van der Waals surface area (Å²) in [6.07, 6.45) is 9.03. The molecule has 3 aliphatic rings. The Kier molecular flexibility index (Phi) is 8.26. The van der Waals surface area contributed by atoms with Gasteiger partial charge < -0.3 is 4.90 Å². The quantitative estimate of drug-likeness (QED) is 0.412. The van der Waals surface area contributed by atoms with E-state index in [4.69, 9.17) is 10.1 Å². The normalized spacial score (nSPS) is 21.1. The molecule has 2 aliphatic carbocycles. The minimum atomic E-state index is -3.96. The van der Waals surface area contributed by atoms with Crippen LogP contribution in [0.25, 0.3) is 11.0 Å². The van der Waals surface area contributed by atoms with E-state index in [1.54, 1.807) is 6.07 Å². The fraction of sp³-hybridized carbons (Fsp3) is 0.581. The first-order valence-electron chi connectivity index (χ1n) is 15.4. The van der Waals surface area contributed by atoms with E-state index in [1.807, 2.05) is 6.07 Å². The summed E-state index contributed by atoms with van der Waals surface area (Å²) in [6.45, 7) is 5.62. The average molecular weight is 594 g/mol. The van der Waals surface area contributed by atoms with Crippen LogP contribution in [0.4, 0.5) is 5.69 Å². The number of nitrogens with one attached hydrogen (secondary N) is 1. The molecule has 11 heteroatoms. The van der Waals surface area contributed by atoms with Crippen molar-refractivity contribution in [1.82, 2.24) is 28.7 Å². The summed E-state index contributed by atoms with van der Waals surface area (Å²) < 4.78 is 30.4. The van der Waals surface area contributed by atoms with Crippen molar-refractivity contribution in [3.05, 3.63) is 53.3 Å². The van der Waals surface area contributed by atoms with E-state index in [2.05, 4.69) is 50.4 Å². The molecule has 3 heterocycles. The first kappa shape index (κ1) is 29.1. The lowest BCUT2D eigenvalue weighted by atomic mass is 9.82. The number of nitrogens with zero attached hydrogens (tertiary/aromatic N) is 6. The van der Waals surface area contributed by atoms with Crippen LogP contribution in [-0.4, -0.2) is 78.1 Å². The lowest BCUT2D eigenvalue weighted by Crippen LogP contribution is -2.51. The molecular weight excluding hydrogens is 550 g/mol. The SMILES string of the molecule is C[C@H]1CN(c2cc(C(=O)NS(=O)(=O)N(C)C)nc3c2c(C2CCC2)nn3C2CCCCC2)CCN1Cc1ccccc1. The Morgan fingerprint density at radius 2 is 1.76 bits per heavy atom. The summed E-state index contributed by atoms with van der Waals surface area (Å²) in [4.78, 5) is 23.2. The molecule has 42 heavy (non-hydrogen) atoms. The Hall–Kier alpha value is -3.02. The molecule has 1 N–H and O–H groups in total. The van der Waals surface area contributed by atoms with Crippen LogP contribution in [0, 0.1) is 0 Å². The van der Waals surface area contributed by atoms with Gasteiger partial charge in [-0.2, -0.15) is 17.8 Å². The third-order valence-corrected chi connectivity index (χ3v) is 10.8. The number of amides is 1. The molecule has 10 nitrogen and oxygen atoms in total. The summed E-state index contributed by atoms with van der Waals surface area (Å²) in [6, 6.07) is 12.9. The van der Waals surface area contributed by atoms with Crippen molar-refractivity contribution in [2.24, 2.45) is 0 Å². The minimum absolute atomic E-state index is 0.111. The zero-order chi connectivity index (χ0) is 29.4. The van der Waals surface area contributed by atoms with Crippen molar-refractivity contribution in [2.75, 3.05) is 38.6 Å². The molecule has 226 valence electrons. The number of benzene rings is 1. The van der Waals surface area contributed by atoms with E-state index >= 15 is 0 Å². The van der Waals surface area contributed by atoms with Gasteiger partial charge in [-0.3, -0.25) is 9.69 Å². The third-order valence-electron chi connectivity index (χ3n) is 9.35. The van der Waals surface area contributed by atoms with Crippen LogP contribution in [0.15, 0.2) is 36.4 Å². The van der Waals surface area contributed by atoms with Gasteiger partial charge in [-0.25, -0.2) is 14.4 Å². The van der Waals surface area contributed by atoms with Crippen LogP contribution in [0.5, 0.6) is 0 Å². The number of fused-ring (bicyclic) bond motifs is 1. The van der Waals surface area contributed by atoms with E-state index in [9.17, 15) is 13.2 Å². The summed E-state index contributed by atoms with van der Waals surface area (Å²) in [7, 11) is -1.17. The molecule has 1 aromatic carbocycles. The molecule has 2 aromatic heterocycles. The van der Waals surface area contributed by atoms with Crippen LogP contribution in [0.3, 0.4) is 0 Å². The molecule has 1 amide bonds. The molecule has 3 aromatic rings. The molecule has 1 atom stereocenters. The van der Waals surface area contributed by atoms with Gasteiger partial charge in [0.15, 0.2) is 5.65 Å². The maximum atomic E-state index is 13.4. The summed E-state index contributed by atoms with van der Waals surface area (Å²) in [5.74, 6) is -0.326. The minimum Gasteiger partial charge on any atom is -0.368 e. The third kappa shape index (κ3) is 5.78. The van der Waals surface area contributed by atoms with Crippen molar-refractivity contribution < 1.29 is 13.2 Å². The van der Waals surface area contributed by atoms with Gasteiger partial charge in [0.05, 0.1) is 22.8 Å². The molecule has 3 fully saturated rings. The van der Waals surface area contributed by atoms with Crippen molar-refractivity contribution in [2.45, 2.75) is 82.8 Å². The van der Waals surface area contributed by atoms with Gasteiger partial charge in [0.25, 0.3) is 5.91 Å². The predicted octanol–water partition coefficient (Wildman–Crippen LogP) is 4.45. The van der Waals surface area contributed by atoms with Gasteiger partial charge in [-0.1, -0.05) is 56.0 Å². The zero-order valence-corrected chi connectivity index (χ0v) is 25.8. The highest BCUT2D eigenvalue weighted by Crippen LogP contribution is 2.44. The lowest BCUT2D eigenvalue weighted by Gasteiger charge is -2.41. The van der Waals surface area contributed by atoms with E-state index in [0.717, 1.165) is 85.8 Å². The highest BCUT2D eigenvalue weighted by molar-refractivity contribution is 7.87. The second kappa shape index (κ2) is 11.9. The van der Waals surface area contributed by atoms with Gasteiger partial charge in [0.2, 0.25) is 0 Å². The van der Waals surface area contributed by atoms with Crippen molar-refractivity contribution in [3.63, 3.8) is 0 Å². The molecule has 0 radical (unpaired) electrons. The molecule has 2 saturated carbocycles. The largest absolute Gasteiger partial charge is 0.368 e. The Labute approximate surface area is 249 Å². The molecule has 0 spiro atoms. The van der Waals surface area contributed by atoms with E-state index in [-0.39, 0.29) is 17.8 Å². The van der Waals surface area contributed by atoms with Gasteiger partial charge in [0, 0.05) is 52.2 Å². The monoisotopic (exact) mass is 593 g/mol. The lowest BCUT2D eigenvalue weighted by molar-refractivity contribution is 0.0975. The van der Waals surface area contributed by atoms with Crippen molar-refractivity contribution in [3.8, 4) is 0 Å². The Morgan fingerprint density at radius 3 is 2.40 bits per heavy atom. The van der Waals surface area contributed by atoms with Crippen molar-refractivity contribution in [1.29, 1.82) is 0 Å². The van der Waals surface area contributed by atoms with Crippen LogP contribution >= 0.6 is 0 Å². The second-order valence-electron chi connectivity index (χ2n) is 12.4. The summed E-state index contributed by atoms with van der Waals surface area (Å²) in [5.41, 5.74) is 4.16. The molecular formula is C31H43N7O3S. The maximum Gasteiger partial charge on any atom is 0.303 e. The van der Waals surface area contributed by atoms with Crippen LogP contribution in [-0.2, 0) is 16.8 Å². The molecule has 0 unspecified atom stereocenters. The number of carbonyl (C=O) groups excluding carboxylic acids is 1. The second-order valence-corrected chi connectivity index (χ2v) is 14.3. The van der Waals surface area contributed by atoms with Gasteiger partial charge in [-0.05, 0) is 44.2 Å². The standard InChI is InChI=1S/C31H43N7O3S/c1-22-20-37(18-17-36(22)21-23-11-6-4-7-12-23)27-19-26(31(39)34-42(40,41)35(2)3)32-30-28(27)29(24-13-10-14-24)33-38(30)25-15-8-5-9-16-25/h4,6-7,11-12,19,22,24-25H,5,8-10,13-18,20-21H2,1-3H3,(H,34,39)/t22-/m0/s1. The molecule has 0 bridgehead atoms. The van der Waals surface area contributed by atoms with Crippen LogP contribution in [0.1, 0.15) is 92.0 Å². The number of hydrogen-bond acceptors (Lipinski definition) is 7. The smallest absolute Gasteiger partial charge is 0.303 e. The molecule has 1 saturated heterocycles. The summed E-state index contributed by atoms with van der Waals surface area (Å²) >= 11 is 0. The van der Waals surface area contributed by atoms with Crippen LogP contribution in [0.2, 0.25) is 0 Å². The molecule has 1 aliphatic heterocycles. The van der Waals surface area contributed by atoms with E-state index < -0.39 is 16.1 Å². The number of pyridine rings is 1. The predicted molar refractivity (Wildman–Crippen MR) is 165 cm³/mol. The Bertz CT molecular complexity index is 1530. The number of piperazine rings is 1. The van der Waals surface area contributed by atoms with Gasteiger partial charge in [0.1, 0.15) is 5.69 Å². The van der Waals surface area contributed by atoms with Gasteiger partial charge in [-0.15, -0.1) is 0 Å².